The van der Waals surface area contributed by atoms with Crippen molar-refractivity contribution in [3.8, 4) is 0 Å². The Labute approximate surface area is 166 Å². The highest BCUT2D eigenvalue weighted by molar-refractivity contribution is 6.04. The number of hydrogen-bond donors (Lipinski definition) is 2. The lowest BCUT2D eigenvalue weighted by Crippen LogP contribution is -2.28. The normalized spacial score (nSPS) is 10.3. The summed E-state index contributed by atoms with van der Waals surface area (Å²) in [5.41, 5.74) is 13.0. The predicted octanol–water partition coefficient (Wildman–Crippen LogP) is 3.18. The van der Waals surface area contributed by atoms with Crippen LogP contribution in [0.3, 0.4) is 0 Å². The fraction of sp³-hybridized carbons (Fsp3) is 0.0476. The van der Waals surface area contributed by atoms with Crippen molar-refractivity contribution in [1.29, 1.82) is 0 Å². The van der Waals surface area contributed by atoms with Crippen molar-refractivity contribution in [1.82, 2.24) is 0 Å². The molecule has 0 bridgehead atoms. The van der Waals surface area contributed by atoms with Gasteiger partial charge in [0.1, 0.15) is 0 Å². The monoisotopic (exact) mass is 390 g/mol. The molecular weight excluding hydrogens is 372 g/mol. The Morgan fingerprint density at radius 1 is 0.931 bits per heavy atom. The maximum atomic E-state index is 13.2. The van der Waals surface area contributed by atoms with Gasteiger partial charge in [-0.25, -0.2) is 0 Å². The van der Waals surface area contributed by atoms with E-state index < -0.39 is 16.7 Å². The molecule has 0 aromatic heterocycles. The van der Waals surface area contributed by atoms with E-state index in [1.54, 1.807) is 54.6 Å². The Kier molecular flexibility index (Phi) is 5.54. The van der Waals surface area contributed by atoms with Crippen LogP contribution in [0.1, 0.15) is 15.9 Å². The Morgan fingerprint density at radius 2 is 1.55 bits per heavy atom. The van der Waals surface area contributed by atoms with E-state index in [0.717, 1.165) is 0 Å². The fourth-order valence-corrected chi connectivity index (χ4v) is 2.96. The summed E-state index contributed by atoms with van der Waals surface area (Å²) in [6, 6.07) is 19.0. The zero-order valence-corrected chi connectivity index (χ0v) is 15.3. The number of carbonyl (C=O) groups is 2. The number of nitro groups is 1. The van der Waals surface area contributed by atoms with Gasteiger partial charge in [-0.2, -0.15) is 0 Å². The van der Waals surface area contributed by atoms with E-state index in [1.807, 2.05) is 0 Å². The topological polar surface area (TPSA) is 133 Å². The Balaban J connectivity index is 2.04. The molecule has 146 valence electrons. The second-order valence-electron chi connectivity index (χ2n) is 6.26. The first-order chi connectivity index (χ1) is 13.9. The van der Waals surface area contributed by atoms with Gasteiger partial charge in [0, 0.05) is 22.9 Å². The SMILES string of the molecule is NC(=O)c1ccc(N(C(=O)Cc2ccccc2[N+](=O)[O-])c2ccccc2N)cc1. The molecule has 8 nitrogen and oxygen atoms in total. The number of anilines is 3. The van der Waals surface area contributed by atoms with E-state index in [9.17, 15) is 19.7 Å². The van der Waals surface area contributed by atoms with Gasteiger partial charge in [0.25, 0.3) is 5.69 Å². The second kappa shape index (κ2) is 8.22. The molecular formula is C21H18N4O4. The van der Waals surface area contributed by atoms with E-state index in [1.165, 1.54) is 23.1 Å². The number of nitrogens with two attached hydrogens (primary N) is 2. The van der Waals surface area contributed by atoms with Crippen LogP contribution >= 0.6 is 0 Å². The minimum Gasteiger partial charge on any atom is -0.397 e. The number of hydrogen-bond acceptors (Lipinski definition) is 5. The van der Waals surface area contributed by atoms with Crippen LogP contribution < -0.4 is 16.4 Å². The smallest absolute Gasteiger partial charge is 0.273 e. The molecule has 3 aromatic carbocycles. The molecule has 3 rings (SSSR count). The molecule has 0 unspecified atom stereocenters. The van der Waals surface area contributed by atoms with Crippen molar-refractivity contribution >= 4 is 34.6 Å². The van der Waals surface area contributed by atoms with Crippen molar-refractivity contribution in [3.05, 3.63) is 94.0 Å². The summed E-state index contributed by atoms with van der Waals surface area (Å²) in [7, 11) is 0. The van der Waals surface area contributed by atoms with E-state index in [0.29, 0.717) is 22.6 Å². The van der Waals surface area contributed by atoms with Crippen LogP contribution in [0.5, 0.6) is 0 Å². The summed E-state index contributed by atoms with van der Waals surface area (Å²) in [5.74, 6) is -1.00. The van der Waals surface area contributed by atoms with E-state index in [-0.39, 0.29) is 17.7 Å². The second-order valence-corrected chi connectivity index (χ2v) is 6.26. The van der Waals surface area contributed by atoms with Gasteiger partial charge in [0.05, 0.1) is 22.7 Å². The molecule has 0 saturated heterocycles. The van der Waals surface area contributed by atoms with Crippen molar-refractivity contribution in [2.75, 3.05) is 10.6 Å². The van der Waals surface area contributed by atoms with Crippen LogP contribution in [0.15, 0.2) is 72.8 Å². The predicted molar refractivity (Wildman–Crippen MR) is 110 cm³/mol. The van der Waals surface area contributed by atoms with Gasteiger partial charge in [0.2, 0.25) is 11.8 Å². The third-order valence-corrected chi connectivity index (χ3v) is 4.37. The molecule has 0 spiro atoms. The number of carbonyl (C=O) groups excluding carboxylic acids is 2. The van der Waals surface area contributed by atoms with E-state index in [4.69, 9.17) is 11.5 Å². The van der Waals surface area contributed by atoms with Crippen LogP contribution in [0, 0.1) is 10.1 Å². The zero-order valence-electron chi connectivity index (χ0n) is 15.3. The van der Waals surface area contributed by atoms with E-state index in [2.05, 4.69) is 0 Å². The number of benzene rings is 3. The zero-order chi connectivity index (χ0) is 21.0. The number of nitrogen functional groups attached to an aromatic ring is 1. The maximum absolute atomic E-state index is 13.2. The van der Waals surface area contributed by atoms with E-state index >= 15 is 0 Å². The molecule has 0 aliphatic heterocycles. The highest BCUT2D eigenvalue weighted by Gasteiger charge is 2.23. The minimum absolute atomic E-state index is 0.133. The van der Waals surface area contributed by atoms with Gasteiger partial charge in [-0.3, -0.25) is 24.6 Å². The number of rotatable bonds is 6. The standard InChI is InChI=1S/C21H18N4O4/c22-17-6-2-4-8-19(17)24(16-11-9-14(10-12-16)21(23)27)20(26)13-15-5-1-3-7-18(15)25(28)29/h1-12H,13,22H2,(H2,23,27). The van der Waals surface area contributed by atoms with Crippen LogP contribution in [0.25, 0.3) is 0 Å². The number of primary amides is 1. The minimum atomic E-state index is -0.589. The third kappa shape index (κ3) is 4.22. The lowest BCUT2D eigenvalue weighted by Gasteiger charge is -2.24. The fourth-order valence-electron chi connectivity index (χ4n) is 2.96. The molecule has 29 heavy (non-hydrogen) atoms. The molecule has 8 heteroatoms. The first-order valence-corrected chi connectivity index (χ1v) is 8.68. The van der Waals surface area contributed by atoms with Crippen molar-refractivity contribution in [2.45, 2.75) is 6.42 Å². The Morgan fingerprint density at radius 3 is 2.17 bits per heavy atom. The molecule has 2 amide bonds. The van der Waals surface area contributed by atoms with Gasteiger partial charge in [0.15, 0.2) is 0 Å². The Hall–Kier alpha value is -4.20. The molecule has 0 saturated carbocycles. The first-order valence-electron chi connectivity index (χ1n) is 8.68. The molecule has 0 heterocycles. The lowest BCUT2D eigenvalue weighted by molar-refractivity contribution is -0.385. The van der Waals surface area contributed by atoms with Gasteiger partial charge in [-0.05, 0) is 36.4 Å². The van der Waals surface area contributed by atoms with Crippen molar-refractivity contribution < 1.29 is 14.5 Å². The van der Waals surface area contributed by atoms with Crippen LogP contribution in [-0.2, 0) is 11.2 Å². The van der Waals surface area contributed by atoms with Gasteiger partial charge >= 0.3 is 0 Å². The summed E-state index contributed by atoms with van der Waals surface area (Å²) >= 11 is 0. The average molecular weight is 390 g/mol. The molecule has 0 atom stereocenters. The van der Waals surface area contributed by atoms with Crippen molar-refractivity contribution in [2.24, 2.45) is 5.73 Å². The molecule has 4 N–H and O–H groups in total. The first kappa shape index (κ1) is 19.6. The number of para-hydroxylation sites is 3. The largest absolute Gasteiger partial charge is 0.397 e. The van der Waals surface area contributed by atoms with Crippen LogP contribution in [-0.4, -0.2) is 16.7 Å². The highest BCUT2D eigenvalue weighted by Crippen LogP contribution is 2.32. The summed E-state index contributed by atoms with van der Waals surface area (Å²) in [6.07, 6.45) is -0.205. The molecule has 0 fully saturated rings. The van der Waals surface area contributed by atoms with Gasteiger partial charge in [-0.1, -0.05) is 30.3 Å². The summed E-state index contributed by atoms with van der Waals surface area (Å²) in [6.45, 7) is 0. The number of nitro benzene ring substituents is 1. The number of nitrogens with zero attached hydrogens (tertiary/aromatic N) is 2. The summed E-state index contributed by atoms with van der Waals surface area (Å²) in [5, 5.41) is 11.3. The van der Waals surface area contributed by atoms with Crippen LogP contribution in [0.4, 0.5) is 22.7 Å². The summed E-state index contributed by atoms with van der Waals surface area (Å²) in [4.78, 5) is 36.7. The lowest BCUT2D eigenvalue weighted by atomic mass is 10.1. The highest BCUT2D eigenvalue weighted by atomic mass is 16.6. The Bertz CT molecular complexity index is 1080. The van der Waals surface area contributed by atoms with Gasteiger partial charge in [-0.15, -0.1) is 0 Å². The molecule has 0 aliphatic carbocycles. The average Bonchev–Trinajstić information content (AvgIpc) is 2.70. The van der Waals surface area contributed by atoms with Crippen molar-refractivity contribution in [3.63, 3.8) is 0 Å². The molecule has 0 radical (unpaired) electrons. The maximum Gasteiger partial charge on any atom is 0.273 e. The number of amides is 2. The van der Waals surface area contributed by atoms with Crippen LogP contribution in [0.2, 0.25) is 0 Å². The molecule has 0 aliphatic rings. The summed E-state index contributed by atoms with van der Waals surface area (Å²) < 4.78 is 0. The quantitative estimate of drug-likeness (QED) is 0.379. The van der Waals surface area contributed by atoms with Gasteiger partial charge < -0.3 is 11.5 Å². The molecule has 3 aromatic rings. The third-order valence-electron chi connectivity index (χ3n) is 4.37.